The van der Waals surface area contributed by atoms with Crippen molar-refractivity contribution in [2.45, 2.75) is 38.7 Å². The van der Waals surface area contributed by atoms with Gasteiger partial charge in [0.2, 0.25) is 0 Å². The molecule has 0 saturated heterocycles. The third kappa shape index (κ3) is 3.40. The minimum atomic E-state index is -0.251. The van der Waals surface area contributed by atoms with E-state index < -0.39 is 0 Å². The molecule has 1 saturated carbocycles. The lowest BCUT2D eigenvalue weighted by Gasteiger charge is -2.26. The van der Waals surface area contributed by atoms with E-state index in [1.807, 2.05) is 0 Å². The van der Waals surface area contributed by atoms with Gasteiger partial charge in [-0.05, 0) is 32.6 Å². The van der Waals surface area contributed by atoms with Crippen LogP contribution in [0.1, 0.15) is 32.6 Å². The van der Waals surface area contributed by atoms with Crippen LogP contribution in [0.2, 0.25) is 0 Å². The number of ketones is 1. The maximum absolute atomic E-state index is 11.0. The molecule has 0 radical (unpaired) electrons. The predicted molar refractivity (Wildman–Crippen MR) is 42.9 cm³/mol. The molecule has 0 aromatic rings. The highest BCUT2D eigenvalue weighted by Gasteiger charge is 2.25. The Morgan fingerprint density at radius 1 is 1.31 bits per heavy atom. The van der Waals surface area contributed by atoms with Crippen molar-refractivity contribution < 1.29 is 20.0 Å². The van der Waals surface area contributed by atoms with E-state index >= 15 is 0 Å². The highest BCUT2D eigenvalue weighted by atomic mass is 17.1. The van der Waals surface area contributed by atoms with Crippen LogP contribution >= 0.6 is 0 Å². The average molecular weight is 189 g/mol. The van der Waals surface area contributed by atoms with Crippen LogP contribution in [0.25, 0.3) is 0 Å². The molecule has 1 aliphatic rings. The molecule has 0 spiro atoms. The van der Waals surface area contributed by atoms with Crippen molar-refractivity contribution in [1.29, 1.82) is 0 Å². The van der Waals surface area contributed by atoms with Gasteiger partial charge in [0.05, 0.1) is 11.5 Å². The van der Waals surface area contributed by atoms with Crippen molar-refractivity contribution in [2.75, 3.05) is 0 Å². The van der Waals surface area contributed by atoms with Gasteiger partial charge in [-0.2, -0.15) is 0 Å². The second kappa shape index (κ2) is 4.66. The Bertz CT molecular complexity index is 175. The van der Waals surface area contributed by atoms with Crippen LogP contribution in [0, 0.1) is 5.92 Å². The second-order valence-electron chi connectivity index (χ2n) is 3.44. The molecule has 1 rings (SSSR count). The fourth-order valence-corrected chi connectivity index (χ4v) is 1.71. The predicted octanol–water partition coefficient (Wildman–Crippen LogP) is 1.15. The van der Waals surface area contributed by atoms with Gasteiger partial charge >= 0.3 is 0 Å². The van der Waals surface area contributed by atoms with E-state index in [-0.39, 0.29) is 23.2 Å². The first-order valence-corrected chi connectivity index (χ1v) is 4.44. The molecular formula is C8H15NO4. The number of hydrogen-bond acceptors (Lipinski definition) is 5. The molecule has 0 aromatic heterocycles. The smallest absolute Gasteiger partial charge is 0.132 e. The van der Waals surface area contributed by atoms with E-state index in [0.29, 0.717) is 12.8 Å². The highest BCUT2D eigenvalue weighted by Crippen LogP contribution is 2.26. The standard InChI is InChI=1S/C8H15NO4/c1-6(10)7-2-4-8(5-3-7)13-9(11)12/h7-8,11-12H,2-5H2,1H3/t7-,8+. The minimum Gasteiger partial charge on any atom is -0.300 e. The summed E-state index contributed by atoms with van der Waals surface area (Å²) in [6, 6.07) is 0. The molecule has 13 heavy (non-hydrogen) atoms. The van der Waals surface area contributed by atoms with Crippen molar-refractivity contribution in [3.8, 4) is 0 Å². The summed E-state index contributed by atoms with van der Waals surface area (Å²) in [5, 5.41) is 16.5. The molecule has 0 amide bonds. The number of nitrogens with zero attached hydrogens (tertiary/aromatic N) is 1. The molecule has 1 fully saturated rings. The molecule has 2 N–H and O–H groups in total. The van der Waals surface area contributed by atoms with E-state index in [2.05, 4.69) is 4.84 Å². The molecule has 0 bridgehead atoms. The fraction of sp³-hybridized carbons (Fsp3) is 0.875. The van der Waals surface area contributed by atoms with Crippen molar-refractivity contribution in [2.24, 2.45) is 5.92 Å². The number of rotatable bonds is 3. The number of hydrogen-bond donors (Lipinski definition) is 2. The van der Waals surface area contributed by atoms with Crippen LogP contribution in [-0.4, -0.2) is 27.7 Å². The lowest BCUT2D eigenvalue weighted by molar-refractivity contribution is -0.506. The highest BCUT2D eigenvalue weighted by molar-refractivity contribution is 5.78. The Labute approximate surface area is 76.8 Å². The van der Waals surface area contributed by atoms with Crippen molar-refractivity contribution >= 4 is 5.78 Å². The Morgan fingerprint density at radius 3 is 2.23 bits per heavy atom. The quantitative estimate of drug-likeness (QED) is 0.651. The average Bonchev–Trinajstić information content (AvgIpc) is 2.04. The molecule has 5 nitrogen and oxygen atoms in total. The first-order chi connectivity index (χ1) is 6.09. The first-order valence-electron chi connectivity index (χ1n) is 4.44. The van der Waals surface area contributed by atoms with Gasteiger partial charge in [0.1, 0.15) is 5.78 Å². The monoisotopic (exact) mass is 189 g/mol. The van der Waals surface area contributed by atoms with Gasteiger partial charge in [0.15, 0.2) is 0 Å². The molecule has 0 unspecified atom stereocenters. The molecule has 1 aliphatic carbocycles. The topological polar surface area (TPSA) is 70.0 Å². The van der Waals surface area contributed by atoms with Gasteiger partial charge in [0, 0.05) is 5.92 Å². The maximum atomic E-state index is 11.0. The summed E-state index contributed by atoms with van der Waals surface area (Å²) in [5.41, 5.74) is 0. The van der Waals surface area contributed by atoms with Crippen molar-refractivity contribution in [1.82, 2.24) is 5.39 Å². The zero-order chi connectivity index (χ0) is 9.84. The summed E-state index contributed by atoms with van der Waals surface area (Å²) in [4.78, 5) is 15.6. The molecule has 5 heteroatoms. The van der Waals surface area contributed by atoms with E-state index in [1.165, 1.54) is 0 Å². The minimum absolute atomic E-state index is 0.130. The maximum Gasteiger partial charge on any atom is 0.132 e. The zero-order valence-corrected chi connectivity index (χ0v) is 7.64. The lowest BCUT2D eigenvalue weighted by atomic mass is 9.85. The van der Waals surface area contributed by atoms with Gasteiger partial charge in [-0.3, -0.25) is 15.2 Å². The van der Waals surface area contributed by atoms with Gasteiger partial charge < -0.3 is 0 Å². The fourth-order valence-electron chi connectivity index (χ4n) is 1.71. The van der Waals surface area contributed by atoms with Crippen LogP contribution in [0.4, 0.5) is 0 Å². The Hall–Kier alpha value is -0.490. The summed E-state index contributed by atoms with van der Waals surface area (Å²) >= 11 is 0. The van der Waals surface area contributed by atoms with Gasteiger partial charge in [-0.15, -0.1) is 0 Å². The third-order valence-corrected chi connectivity index (χ3v) is 2.49. The number of Topliss-reactive ketones (excluding diaryl/α,β-unsaturated/α-hetero) is 1. The van der Waals surface area contributed by atoms with Gasteiger partial charge in [-0.1, -0.05) is 0 Å². The summed E-state index contributed by atoms with van der Waals surface area (Å²) in [6.45, 7) is 1.59. The van der Waals surface area contributed by atoms with Crippen LogP contribution in [0.5, 0.6) is 0 Å². The van der Waals surface area contributed by atoms with Crippen LogP contribution in [-0.2, 0) is 9.63 Å². The molecule has 0 aliphatic heterocycles. The van der Waals surface area contributed by atoms with Gasteiger partial charge in [-0.25, -0.2) is 4.84 Å². The van der Waals surface area contributed by atoms with Crippen LogP contribution < -0.4 is 0 Å². The molecule has 0 heterocycles. The molecule has 76 valence electrons. The summed E-state index contributed by atoms with van der Waals surface area (Å²) < 4.78 is 0. The normalized spacial score (nSPS) is 29.2. The van der Waals surface area contributed by atoms with Crippen LogP contribution in [0.15, 0.2) is 0 Å². The van der Waals surface area contributed by atoms with Crippen molar-refractivity contribution in [3.63, 3.8) is 0 Å². The molecular weight excluding hydrogens is 174 g/mol. The van der Waals surface area contributed by atoms with Crippen molar-refractivity contribution in [3.05, 3.63) is 0 Å². The Kier molecular flexibility index (Phi) is 3.80. The number of carbonyl (C=O) groups is 1. The summed E-state index contributed by atoms with van der Waals surface area (Å²) in [6.07, 6.45) is 2.76. The van der Waals surface area contributed by atoms with E-state index in [1.54, 1.807) is 6.92 Å². The SMILES string of the molecule is CC(=O)[C@H]1CC[C@@H](ON(O)O)CC1. The van der Waals surface area contributed by atoms with Crippen LogP contribution in [0.3, 0.4) is 0 Å². The second-order valence-corrected chi connectivity index (χ2v) is 3.44. The molecule has 0 aromatic carbocycles. The third-order valence-electron chi connectivity index (χ3n) is 2.49. The Morgan fingerprint density at radius 2 is 1.85 bits per heavy atom. The van der Waals surface area contributed by atoms with E-state index in [0.717, 1.165) is 12.8 Å². The summed E-state index contributed by atoms with van der Waals surface area (Å²) in [5.74, 6) is 0.342. The van der Waals surface area contributed by atoms with Gasteiger partial charge in [0.25, 0.3) is 0 Å². The first kappa shape index (κ1) is 10.6. The summed E-state index contributed by atoms with van der Waals surface area (Å²) in [7, 11) is 0. The Balaban J connectivity index is 2.26. The zero-order valence-electron chi connectivity index (χ0n) is 7.64. The largest absolute Gasteiger partial charge is 0.300 e. The van der Waals surface area contributed by atoms with E-state index in [4.69, 9.17) is 10.4 Å². The molecule has 0 atom stereocenters. The number of carbonyl (C=O) groups excluding carboxylic acids is 1. The lowest BCUT2D eigenvalue weighted by Crippen LogP contribution is -2.30. The van der Waals surface area contributed by atoms with E-state index in [9.17, 15) is 4.79 Å².